The number of carbonyl (C=O) groups excluding carboxylic acids is 1. The number of carbonyl (C=O) groups is 1. The van der Waals surface area contributed by atoms with Gasteiger partial charge in [0.2, 0.25) is 5.91 Å². The van der Waals surface area contributed by atoms with Crippen LogP contribution < -0.4 is 5.32 Å². The van der Waals surface area contributed by atoms with Gasteiger partial charge in [-0.15, -0.1) is 0 Å². The fourth-order valence-corrected chi connectivity index (χ4v) is 10.1. The van der Waals surface area contributed by atoms with E-state index in [2.05, 4.69) is 31.3 Å². The maximum Gasteiger partial charge on any atom is 0.249 e. The summed E-state index contributed by atoms with van der Waals surface area (Å²) in [5.41, 5.74) is 0. The van der Waals surface area contributed by atoms with Crippen LogP contribution in [0.3, 0.4) is 0 Å². The Morgan fingerprint density at radius 2 is 0.594 bits per heavy atom. The minimum atomic E-state index is -1.10. The van der Waals surface area contributed by atoms with Gasteiger partial charge in [-0.05, 0) is 32.1 Å². The number of hydrogen-bond acceptors (Lipinski definition) is 4. The van der Waals surface area contributed by atoms with Gasteiger partial charge in [-0.1, -0.05) is 346 Å². The smallest absolute Gasteiger partial charge is 0.249 e. The van der Waals surface area contributed by atoms with Crippen LogP contribution in [0, 0.1) is 0 Å². The summed E-state index contributed by atoms with van der Waals surface area (Å²) in [7, 11) is 0. The second-order valence-corrected chi connectivity index (χ2v) is 22.0. The minimum Gasteiger partial charge on any atom is -0.394 e. The summed E-state index contributed by atoms with van der Waals surface area (Å²) in [5.74, 6) is -0.506. The van der Waals surface area contributed by atoms with Crippen LogP contribution in [0.2, 0.25) is 0 Å². The predicted octanol–water partition coefficient (Wildman–Crippen LogP) is 20.0. The quantitative estimate of drug-likeness (QED) is 0.0361. The zero-order valence-electron chi connectivity index (χ0n) is 47.0. The van der Waals surface area contributed by atoms with Crippen LogP contribution in [-0.4, -0.2) is 46.1 Å². The molecule has 3 atom stereocenters. The van der Waals surface area contributed by atoms with Gasteiger partial charge in [0, 0.05) is 0 Å². The molecule has 69 heavy (non-hydrogen) atoms. The van der Waals surface area contributed by atoms with Crippen molar-refractivity contribution in [3.05, 3.63) is 24.3 Å². The van der Waals surface area contributed by atoms with E-state index in [1.165, 1.54) is 295 Å². The van der Waals surface area contributed by atoms with Crippen LogP contribution >= 0.6 is 0 Å². The highest BCUT2D eigenvalue weighted by molar-refractivity contribution is 5.80. The molecule has 0 rings (SSSR count). The van der Waals surface area contributed by atoms with Gasteiger partial charge in [-0.2, -0.15) is 0 Å². The summed E-state index contributed by atoms with van der Waals surface area (Å²) < 4.78 is 0. The molecule has 0 saturated carbocycles. The highest BCUT2D eigenvalue weighted by Gasteiger charge is 2.22. The van der Waals surface area contributed by atoms with Crippen molar-refractivity contribution in [2.45, 2.75) is 372 Å². The Hall–Kier alpha value is -1.17. The lowest BCUT2D eigenvalue weighted by Gasteiger charge is -2.21. The lowest BCUT2D eigenvalue weighted by molar-refractivity contribution is -0.131. The number of rotatable bonds is 59. The summed E-state index contributed by atoms with van der Waals surface area (Å²) in [5, 5.41) is 33.4. The van der Waals surface area contributed by atoms with Gasteiger partial charge in [-0.25, -0.2) is 0 Å². The third kappa shape index (κ3) is 54.4. The Kier molecular flexibility index (Phi) is 58.4. The van der Waals surface area contributed by atoms with Gasteiger partial charge >= 0.3 is 0 Å². The van der Waals surface area contributed by atoms with Gasteiger partial charge in [0.05, 0.1) is 18.8 Å². The molecule has 0 aliphatic rings. The van der Waals surface area contributed by atoms with Gasteiger partial charge in [-0.3, -0.25) is 4.79 Å². The fourth-order valence-electron chi connectivity index (χ4n) is 10.1. The minimum absolute atomic E-state index is 0.372. The molecular weight excluding hydrogens is 847 g/mol. The summed E-state index contributed by atoms with van der Waals surface area (Å²) in [6.45, 7) is 4.21. The van der Waals surface area contributed by atoms with Crippen molar-refractivity contribution in [3.8, 4) is 0 Å². The van der Waals surface area contributed by atoms with E-state index in [0.717, 1.165) is 38.5 Å². The molecule has 0 saturated heterocycles. The van der Waals surface area contributed by atoms with Crippen LogP contribution in [0.4, 0.5) is 0 Å². The highest BCUT2D eigenvalue weighted by Crippen LogP contribution is 2.19. The molecule has 5 heteroatoms. The molecule has 0 aromatic rings. The number of amides is 1. The van der Waals surface area contributed by atoms with Crippen molar-refractivity contribution >= 4 is 5.91 Å². The number of aliphatic hydroxyl groups is 3. The number of allylic oxidation sites excluding steroid dienone is 3. The van der Waals surface area contributed by atoms with E-state index < -0.39 is 24.2 Å². The first kappa shape index (κ1) is 67.8. The molecule has 0 fully saturated rings. The van der Waals surface area contributed by atoms with Crippen molar-refractivity contribution in [2.24, 2.45) is 0 Å². The van der Waals surface area contributed by atoms with Crippen molar-refractivity contribution < 1.29 is 20.1 Å². The summed E-state index contributed by atoms with van der Waals surface area (Å²) in [6.07, 6.45) is 77.4. The Balaban J connectivity index is 3.45. The van der Waals surface area contributed by atoms with Gasteiger partial charge in [0.15, 0.2) is 0 Å². The molecule has 1 amide bonds. The van der Waals surface area contributed by atoms with Crippen LogP contribution in [0.15, 0.2) is 24.3 Å². The third-order valence-corrected chi connectivity index (χ3v) is 15.0. The first-order valence-corrected chi connectivity index (χ1v) is 31.7. The Morgan fingerprint density at radius 3 is 0.884 bits per heavy atom. The molecule has 0 aromatic heterocycles. The number of hydrogen-bond donors (Lipinski definition) is 4. The Labute approximate surface area is 432 Å². The molecule has 5 nitrogen and oxygen atoms in total. The maximum absolute atomic E-state index is 12.6. The van der Waals surface area contributed by atoms with E-state index in [0.29, 0.717) is 6.42 Å². The first-order valence-electron chi connectivity index (χ1n) is 31.7. The monoisotopic (exact) mass is 972 g/mol. The average molecular weight is 973 g/mol. The molecule has 0 aliphatic carbocycles. The summed E-state index contributed by atoms with van der Waals surface area (Å²) in [6, 6.07) is -0.812. The first-order chi connectivity index (χ1) is 34.1. The molecular formula is C64H125NO4. The van der Waals surface area contributed by atoms with E-state index >= 15 is 0 Å². The van der Waals surface area contributed by atoms with Crippen molar-refractivity contribution in [1.82, 2.24) is 5.32 Å². The van der Waals surface area contributed by atoms with E-state index in [-0.39, 0.29) is 6.61 Å². The predicted molar refractivity (Wildman–Crippen MR) is 305 cm³/mol. The topological polar surface area (TPSA) is 89.8 Å². The lowest BCUT2D eigenvalue weighted by Crippen LogP contribution is -2.48. The van der Waals surface area contributed by atoms with Crippen LogP contribution in [0.5, 0.6) is 0 Å². The third-order valence-electron chi connectivity index (χ3n) is 15.0. The fraction of sp³-hybridized carbons (Fsp3) is 0.922. The SMILES string of the molecule is CCCCCCCCCCCCC/C=C/CC/C=C/C(O)C(CO)NC(=O)C(O)CCCCCCCCCCCCCCCCCCCCCCCCCCCCCCCCCCCCCCCC. The van der Waals surface area contributed by atoms with Gasteiger partial charge < -0.3 is 20.6 Å². The van der Waals surface area contributed by atoms with Crippen molar-refractivity contribution in [2.75, 3.05) is 6.61 Å². The second kappa shape index (κ2) is 59.4. The van der Waals surface area contributed by atoms with Gasteiger partial charge in [0.1, 0.15) is 6.10 Å². The molecule has 0 bridgehead atoms. The molecule has 0 heterocycles. The molecule has 0 radical (unpaired) electrons. The summed E-state index contributed by atoms with van der Waals surface area (Å²) >= 11 is 0. The summed E-state index contributed by atoms with van der Waals surface area (Å²) in [4.78, 5) is 12.6. The number of nitrogens with one attached hydrogen (secondary N) is 1. The maximum atomic E-state index is 12.6. The number of aliphatic hydroxyl groups excluding tert-OH is 3. The normalized spacial score (nSPS) is 13.3. The van der Waals surface area contributed by atoms with E-state index in [9.17, 15) is 20.1 Å². The standard InChI is InChI=1S/C64H125NO4/c1-3-5-7-9-11-13-15-17-19-21-22-23-24-25-26-27-28-29-30-31-32-33-34-35-36-37-38-39-40-41-43-45-47-49-51-53-55-57-59-63(68)64(69)65-61(60-66)62(67)58-56-54-52-50-48-46-44-42-20-18-16-14-12-10-8-6-4-2/h48,50,56,58,61-63,66-68H,3-47,49,51-55,57,59-60H2,1-2H3,(H,65,69)/b50-48+,58-56+. The van der Waals surface area contributed by atoms with Crippen LogP contribution in [0.1, 0.15) is 354 Å². The molecule has 0 aromatic carbocycles. The lowest BCUT2D eigenvalue weighted by atomic mass is 10.0. The zero-order valence-corrected chi connectivity index (χ0v) is 47.0. The highest BCUT2D eigenvalue weighted by atomic mass is 16.3. The molecule has 0 spiro atoms. The Bertz CT molecular complexity index is 1030. The van der Waals surface area contributed by atoms with Crippen molar-refractivity contribution in [3.63, 3.8) is 0 Å². The van der Waals surface area contributed by atoms with Gasteiger partial charge in [0.25, 0.3) is 0 Å². The second-order valence-electron chi connectivity index (χ2n) is 22.0. The Morgan fingerprint density at radius 1 is 0.348 bits per heavy atom. The van der Waals surface area contributed by atoms with Crippen LogP contribution in [0.25, 0.3) is 0 Å². The number of unbranched alkanes of at least 4 members (excludes halogenated alkanes) is 49. The molecule has 0 aliphatic heterocycles. The van der Waals surface area contributed by atoms with E-state index in [1.54, 1.807) is 6.08 Å². The zero-order chi connectivity index (χ0) is 50.0. The van der Waals surface area contributed by atoms with E-state index in [1.807, 2.05) is 6.08 Å². The molecule has 3 unspecified atom stereocenters. The van der Waals surface area contributed by atoms with Crippen molar-refractivity contribution in [1.29, 1.82) is 0 Å². The largest absolute Gasteiger partial charge is 0.394 e. The molecule has 4 N–H and O–H groups in total. The molecule has 410 valence electrons. The van der Waals surface area contributed by atoms with E-state index in [4.69, 9.17) is 0 Å². The van der Waals surface area contributed by atoms with Crippen LogP contribution in [-0.2, 0) is 4.79 Å². The average Bonchev–Trinajstić information content (AvgIpc) is 3.35.